The van der Waals surface area contributed by atoms with Crippen LogP contribution in [0.3, 0.4) is 0 Å². The normalized spacial score (nSPS) is 12.8. The van der Waals surface area contributed by atoms with E-state index < -0.39 is 0 Å². The second kappa shape index (κ2) is 8.79. The second-order valence-corrected chi connectivity index (χ2v) is 4.95. The summed E-state index contributed by atoms with van der Waals surface area (Å²) in [5, 5.41) is 3.34. The molecule has 1 rings (SSSR count). The van der Waals surface area contributed by atoms with Crippen molar-refractivity contribution in [2.75, 3.05) is 46.8 Å². The average Bonchev–Trinajstić information content (AvgIpc) is 2.40. The van der Waals surface area contributed by atoms with Crippen LogP contribution in [0, 0.1) is 0 Å². The molecule has 0 radical (unpaired) electrons. The lowest BCUT2D eigenvalue weighted by atomic mass is 10.2. The maximum Gasteiger partial charge on any atom is 0.176 e. The molecule has 0 aliphatic heterocycles. The number of anilines is 1. The maximum absolute atomic E-state index is 5.71. The first-order valence-corrected chi connectivity index (χ1v) is 6.76. The Kier molecular flexibility index (Phi) is 7.36. The third-order valence-electron chi connectivity index (χ3n) is 2.91. The molecule has 20 heavy (non-hydrogen) atoms. The highest BCUT2D eigenvalue weighted by Gasteiger charge is 2.15. The highest BCUT2D eigenvalue weighted by atomic mass is 16.7. The molecule has 0 saturated heterocycles. The molecule has 0 amide bonds. The zero-order chi connectivity index (χ0) is 15.0. The molecule has 1 aromatic carbocycles. The Hall–Kier alpha value is -1.30. The topological polar surface area (TPSA) is 43.0 Å². The standard InChI is InChI=1S/C15H26N2O3/c1-12(15(18-4)19-5)16-13-7-6-8-14(11-13)20-10-9-17(2)3/h6-8,11-12,15-16H,9-10H2,1-5H3. The molecular weight excluding hydrogens is 256 g/mol. The lowest BCUT2D eigenvalue weighted by Crippen LogP contribution is -2.33. The van der Waals surface area contributed by atoms with Gasteiger partial charge in [-0.1, -0.05) is 6.07 Å². The summed E-state index contributed by atoms with van der Waals surface area (Å²) < 4.78 is 16.2. The van der Waals surface area contributed by atoms with Crippen molar-refractivity contribution in [1.29, 1.82) is 0 Å². The summed E-state index contributed by atoms with van der Waals surface area (Å²) in [7, 11) is 7.32. The van der Waals surface area contributed by atoms with Crippen molar-refractivity contribution in [1.82, 2.24) is 4.90 Å². The van der Waals surface area contributed by atoms with Crippen LogP contribution in [0.1, 0.15) is 6.92 Å². The molecule has 0 heterocycles. The lowest BCUT2D eigenvalue weighted by Gasteiger charge is -2.23. The third kappa shape index (κ3) is 5.77. The van der Waals surface area contributed by atoms with E-state index in [-0.39, 0.29) is 12.3 Å². The average molecular weight is 282 g/mol. The van der Waals surface area contributed by atoms with Gasteiger partial charge in [-0.25, -0.2) is 0 Å². The van der Waals surface area contributed by atoms with E-state index in [4.69, 9.17) is 14.2 Å². The summed E-state index contributed by atoms with van der Waals surface area (Å²) in [6.07, 6.45) is -0.284. The molecule has 0 aliphatic carbocycles. The summed E-state index contributed by atoms with van der Waals surface area (Å²) in [6.45, 7) is 3.57. The van der Waals surface area contributed by atoms with Crippen LogP contribution < -0.4 is 10.1 Å². The summed E-state index contributed by atoms with van der Waals surface area (Å²) >= 11 is 0. The molecular formula is C15H26N2O3. The van der Waals surface area contributed by atoms with Crippen LogP contribution in [0.15, 0.2) is 24.3 Å². The zero-order valence-corrected chi connectivity index (χ0v) is 13.1. The number of nitrogens with zero attached hydrogens (tertiary/aromatic N) is 1. The number of hydrogen-bond donors (Lipinski definition) is 1. The van der Waals surface area contributed by atoms with Crippen LogP contribution in [0.25, 0.3) is 0 Å². The molecule has 1 unspecified atom stereocenters. The van der Waals surface area contributed by atoms with Gasteiger partial charge in [-0.2, -0.15) is 0 Å². The molecule has 1 N–H and O–H groups in total. The van der Waals surface area contributed by atoms with Gasteiger partial charge < -0.3 is 24.4 Å². The van der Waals surface area contributed by atoms with E-state index in [0.29, 0.717) is 6.61 Å². The van der Waals surface area contributed by atoms with E-state index in [1.54, 1.807) is 14.2 Å². The smallest absolute Gasteiger partial charge is 0.176 e. The van der Waals surface area contributed by atoms with Crippen molar-refractivity contribution in [3.8, 4) is 5.75 Å². The summed E-state index contributed by atoms with van der Waals surface area (Å²) in [5.74, 6) is 0.857. The third-order valence-corrected chi connectivity index (χ3v) is 2.91. The molecule has 0 spiro atoms. The van der Waals surface area contributed by atoms with Crippen LogP contribution in [0.2, 0.25) is 0 Å². The fourth-order valence-electron chi connectivity index (χ4n) is 1.86. The first-order chi connectivity index (χ1) is 9.56. The summed E-state index contributed by atoms with van der Waals surface area (Å²) in [4.78, 5) is 2.09. The van der Waals surface area contributed by atoms with Crippen LogP contribution in [0.5, 0.6) is 5.75 Å². The minimum Gasteiger partial charge on any atom is -0.492 e. The van der Waals surface area contributed by atoms with Crippen molar-refractivity contribution in [3.05, 3.63) is 24.3 Å². The van der Waals surface area contributed by atoms with E-state index in [1.807, 2.05) is 45.3 Å². The number of methoxy groups -OCH3 is 2. The Balaban J connectivity index is 2.54. The van der Waals surface area contributed by atoms with Gasteiger partial charge in [0.25, 0.3) is 0 Å². The van der Waals surface area contributed by atoms with Gasteiger partial charge in [0.2, 0.25) is 0 Å². The number of ether oxygens (including phenoxy) is 3. The van der Waals surface area contributed by atoms with Crippen molar-refractivity contribution >= 4 is 5.69 Å². The largest absolute Gasteiger partial charge is 0.492 e. The van der Waals surface area contributed by atoms with Crippen molar-refractivity contribution in [2.45, 2.75) is 19.3 Å². The Morgan fingerprint density at radius 2 is 1.90 bits per heavy atom. The van der Waals surface area contributed by atoms with Gasteiger partial charge in [0.1, 0.15) is 12.4 Å². The van der Waals surface area contributed by atoms with Gasteiger partial charge in [-0.05, 0) is 33.2 Å². The second-order valence-electron chi connectivity index (χ2n) is 4.95. The van der Waals surface area contributed by atoms with Gasteiger partial charge in [0.05, 0.1) is 6.04 Å². The number of benzene rings is 1. The quantitative estimate of drug-likeness (QED) is 0.702. The van der Waals surface area contributed by atoms with Gasteiger partial charge in [-0.3, -0.25) is 0 Å². The number of rotatable bonds is 9. The first kappa shape index (κ1) is 16.8. The molecule has 0 fully saturated rings. The number of likely N-dealkylation sites (N-methyl/N-ethyl adjacent to an activating group) is 1. The SMILES string of the molecule is COC(OC)C(C)Nc1cccc(OCCN(C)C)c1. The highest BCUT2D eigenvalue weighted by molar-refractivity contribution is 5.48. The highest BCUT2D eigenvalue weighted by Crippen LogP contribution is 2.19. The Morgan fingerprint density at radius 3 is 2.50 bits per heavy atom. The minimum absolute atomic E-state index is 0.0435. The lowest BCUT2D eigenvalue weighted by molar-refractivity contribution is -0.109. The molecule has 114 valence electrons. The van der Waals surface area contributed by atoms with E-state index >= 15 is 0 Å². The maximum atomic E-state index is 5.71. The predicted molar refractivity (Wildman–Crippen MR) is 81.4 cm³/mol. The molecule has 0 saturated carbocycles. The molecule has 1 aromatic rings. The molecule has 0 aromatic heterocycles. The Bertz CT molecular complexity index is 381. The zero-order valence-electron chi connectivity index (χ0n) is 13.1. The van der Waals surface area contributed by atoms with E-state index in [2.05, 4.69) is 10.2 Å². The predicted octanol–water partition coefficient (Wildman–Crippen LogP) is 2.05. The first-order valence-electron chi connectivity index (χ1n) is 6.76. The molecule has 5 nitrogen and oxygen atoms in total. The van der Waals surface area contributed by atoms with Gasteiger partial charge in [0.15, 0.2) is 6.29 Å². The van der Waals surface area contributed by atoms with Crippen molar-refractivity contribution in [3.63, 3.8) is 0 Å². The fourth-order valence-corrected chi connectivity index (χ4v) is 1.86. The number of hydrogen-bond acceptors (Lipinski definition) is 5. The van der Waals surface area contributed by atoms with Crippen molar-refractivity contribution in [2.24, 2.45) is 0 Å². The summed E-state index contributed by atoms with van der Waals surface area (Å²) in [5.41, 5.74) is 0.985. The molecule has 5 heteroatoms. The van der Waals surface area contributed by atoms with Crippen molar-refractivity contribution < 1.29 is 14.2 Å². The molecule has 1 atom stereocenters. The van der Waals surface area contributed by atoms with E-state index in [0.717, 1.165) is 18.0 Å². The monoisotopic (exact) mass is 282 g/mol. The van der Waals surface area contributed by atoms with E-state index in [1.165, 1.54) is 0 Å². The van der Waals surface area contributed by atoms with E-state index in [9.17, 15) is 0 Å². The Morgan fingerprint density at radius 1 is 1.20 bits per heavy atom. The minimum atomic E-state index is -0.284. The van der Waals surface area contributed by atoms with Crippen LogP contribution in [0.4, 0.5) is 5.69 Å². The molecule has 0 aliphatic rings. The molecule has 0 bridgehead atoms. The van der Waals surface area contributed by atoms with Crippen LogP contribution in [-0.2, 0) is 9.47 Å². The summed E-state index contributed by atoms with van der Waals surface area (Å²) in [6, 6.07) is 7.94. The van der Waals surface area contributed by atoms with Gasteiger partial charge >= 0.3 is 0 Å². The van der Waals surface area contributed by atoms with Crippen LogP contribution >= 0.6 is 0 Å². The van der Waals surface area contributed by atoms with Gasteiger partial charge in [-0.15, -0.1) is 0 Å². The van der Waals surface area contributed by atoms with Gasteiger partial charge in [0, 0.05) is 32.5 Å². The number of nitrogens with one attached hydrogen (secondary N) is 1. The fraction of sp³-hybridized carbons (Fsp3) is 0.600. The Labute approximate surface area is 121 Å². The van der Waals surface area contributed by atoms with Crippen LogP contribution in [-0.4, -0.2) is 58.7 Å².